The first-order chi connectivity index (χ1) is 26.7. The quantitative estimate of drug-likeness (QED) is 0.163. The van der Waals surface area contributed by atoms with Crippen LogP contribution in [-0.2, 0) is 6.42 Å². The van der Waals surface area contributed by atoms with Crippen LogP contribution in [0, 0.1) is 0 Å². The van der Waals surface area contributed by atoms with Gasteiger partial charge in [-0.3, -0.25) is 4.98 Å². The molecule has 254 valence electrons. The van der Waals surface area contributed by atoms with E-state index in [-0.39, 0.29) is 0 Å². The summed E-state index contributed by atoms with van der Waals surface area (Å²) in [6.45, 7) is 2.24. The molecule has 10 rings (SSSR count). The Labute approximate surface area is 313 Å². The molecule has 0 aliphatic heterocycles. The third-order valence-corrected chi connectivity index (χ3v) is 10.5. The average Bonchev–Trinajstić information content (AvgIpc) is 3.25. The molecule has 0 N–H and O–H groups in total. The van der Waals surface area contributed by atoms with Gasteiger partial charge in [0, 0.05) is 50.6 Å². The van der Waals surface area contributed by atoms with E-state index in [0.29, 0.717) is 0 Å². The normalized spacial score (nSPS) is 11.5. The van der Waals surface area contributed by atoms with Crippen molar-refractivity contribution in [3.8, 4) is 56.0 Å². The number of fused-ring (bicyclic) bond motifs is 5. The van der Waals surface area contributed by atoms with Crippen LogP contribution in [0.15, 0.2) is 176 Å². The molecule has 0 aliphatic rings. The van der Waals surface area contributed by atoms with Crippen molar-refractivity contribution in [2.24, 2.45) is 0 Å². The number of aromatic nitrogens is 4. The molecule has 4 aromatic heterocycles. The summed E-state index contributed by atoms with van der Waals surface area (Å²) in [5.74, 6) is 0. The molecule has 10 aromatic rings. The summed E-state index contributed by atoms with van der Waals surface area (Å²) in [6, 6.07) is 57.9. The smallest absolute Gasteiger partial charge is 0.0790 e. The topological polar surface area (TPSA) is 51.6 Å². The predicted molar refractivity (Wildman–Crippen MR) is 224 cm³/mol. The maximum atomic E-state index is 5.23. The lowest BCUT2D eigenvalue weighted by Crippen LogP contribution is -1.94. The summed E-state index contributed by atoms with van der Waals surface area (Å²) < 4.78 is 0. The average molecular weight is 691 g/mol. The molecule has 0 unspecified atom stereocenters. The molecule has 0 bridgehead atoms. The summed E-state index contributed by atoms with van der Waals surface area (Å²) in [5.41, 5.74) is 15.1. The van der Waals surface area contributed by atoms with Gasteiger partial charge in [-0.2, -0.15) is 0 Å². The molecular weight excluding hydrogens is 657 g/mol. The zero-order valence-corrected chi connectivity index (χ0v) is 29.7. The minimum absolute atomic E-state index is 0.904. The number of nitrogens with zero attached hydrogens (tertiary/aromatic N) is 4. The first-order valence-electron chi connectivity index (χ1n) is 18.4. The molecule has 54 heavy (non-hydrogen) atoms. The number of aryl methyl sites for hydroxylation is 1. The van der Waals surface area contributed by atoms with Crippen molar-refractivity contribution in [1.82, 2.24) is 19.9 Å². The maximum absolute atomic E-state index is 5.23. The van der Waals surface area contributed by atoms with E-state index in [9.17, 15) is 0 Å². The number of benzene rings is 6. The summed E-state index contributed by atoms with van der Waals surface area (Å²) in [6.07, 6.45) is 4.54. The zero-order chi connectivity index (χ0) is 36.0. The second-order valence-corrected chi connectivity index (χ2v) is 13.8. The van der Waals surface area contributed by atoms with Gasteiger partial charge < -0.3 is 0 Å². The van der Waals surface area contributed by atoms with Crippen molar-refractivity contribution < 1.29 is 0 Å². The summed E-state index contributed by atoms with van der Waals surface area (Å²) >= 11 is 0. The Morgan fingerprint density at radius 1 is 0.407 bits per heavy atom. The second-order valence-electron chi connectivity index (χ2n) is 13.8. The fraction of sp³-hybridized carbons (Fsp3) is 0.0400. The summed E-state index contributed by atoms with van der Waals surface area (Å²) in [7, 11) is 0. The SMILES string of the molecule is CCc1c(-c2ccc(-c3ccc4cc(-c5ccc6ccc(-c7cccnc7)nc6c5)ccc4n3)cc2)ccc2ccc3ccc(-c4ccccc4)nc3c12. The molecule has 0 atom stereocenters. The Hall–Kier alpha value is -7.04. The van der Waals surface area contributed by atoms with Crippen LogP contribution in [0.25, 0.3) is 99.5 Å². The van der Waals surface area contributed by atoms with Crippen molar-refractivity contribution in [1.29, 1.82) is 0 Å². The Balaban J connectivity index is 0.963. The van der Waals surface area contributed by atoms with Gasteiger partial charge in [0.2, 0.25) is 0 Å². The van der Waals surface area contributed by atoms with Crippen molar-refractivity contribution in [2.45, 2.75) is 13.3 Å². The maximum Gasteiger partial charge on any atom is 0.0790 e. The standard InChI is InChI=1S/C50H34N4/c1-2-42-43(23-18-36-15-16-37-20-25-45(54-50(37)49(36)42)33-7-4-3-5-8-33)32-10-12-34(13-11-32)44-27-22-40-29-38(21-26-46(40)52-44)39-17-14-35-19-24-47(53-48(35)30-39)41-9-6-28-51-31-41/h3-31H,2H2,1H3. The summed E-state index contributed by atoms with van der Waals surface area (Å²) in [4.78, 5) is 19.5. The van der Waals surface area contributed by atoms with E-state index >= 15 is 0 Å². The molecule has 4 heterocycles. The fourth-order valence-electron chi connectivity index (χ4n) is 7.73. The third-order valence-electron chi connectivity index (χ3n) is 10.5. The molecule has 0 spiro atoms. The lowest BCUT2D eigenvalue weighted by Gasteiger charge is -2.15. The van der Waals surface area contributed by atoms with Gasteiger partial charge in [-0.1, -0.05) is 122 Å². The van der Waals surface area contributed by atoms with Crippen LogP contribution in [0.1, 0.15) is 12.5 Å². The highest BCUT2D eigenvalue weighted by atomic mass is 14.7. The fourth-order valence-corrected chi connectivity index (χ4v) is 7.73. The third kappa shape index (κ3) is 5.65. The van der Waals surface area contributed by atoms with Gasteiger partial charge in [0.15, 0.2) is 0 Å². The van der Waals surface area contributed by atoms with E-state index in [1.54, 1.807) is 6.20 Å². The van der Waals surface area contributed by atoms with E-state index < -0.39 is 0 Å². The molecule has 4 nitrogen and oxygen atoms in total. The largest absolute Gasteiger partial charge is 0.264 e. The van der Waals surface area contributed by atoms with Gasteiger partial charge in [0.25, 0.3) is 0 Å². The van der Waals surface area contributed by atoms with Crippen LogP contribution in [0.4, 0.5) is 0 Å². The van der Waals surface area contributed by atoms with Crippen LogP contribution < -0.4 is 0 Å². The molecule has 4 heteroatoms. The monoisotopic (exact) mass is 690 g/mol. The first-order valence-corrected chi connectivity index (χ1v) is 18.4. The highest BCUT2D eigenvalue weighted by molar-refractivity contribution is 6.09. The Morgan fingerprint density at radius 2 is 1.00 bits per heavy atom. The van der Waals surface area contributed by atoms with E-state index in [2.05, 4.69) is 158 Å². The minimum atomic E-state index is 0.904. The van der Waals surface area contributed by atoms with Crippen LogP contribution in [0.5, 0.6) is 0 Å². The number of hydrogen-bond donors (Lipinski definition) is 0. The Morgan fingerprint density at radius 3 is 1.81 bits per heavy atom. The molecule has 0 saturated heterocycles. The van der Waals surface area contributed by atoms with Gasteiger partial charge in [-0.15, -0.1) is 0 Å². The van der Waals surface area contributed by atoms with Crippen LogP contribution in [0.3, 0.4) is 0 Å². The second kappa shape index (κ2) is 13.2. The van der Waals surface area contributed by atoms with Crippen molar-refractivity contribution in [2.75, 3.05) is 0 Å². The molecule has 0 fully saturated rings. The van der Waals surface area contributed by atoms with Crippen molar-refractivity contribution in [3.05, 3.63) is 182 Å². The minimum Gasteiger partial charge on any atom is -0.264 e. The van der Waals surface area contributed by atoms with E-state index in [1.807, 2.05) is 24.4 Å². The Kier molecular flexibility index (Phi) is 7.73. The number of rotatable bonds is 6. The molecule has 0 radical (unpaired) electrons. The van der Waals surface area contributed by atoms with E-state index in [4.69, 9.17) is 15.0 Å². The number of pyridine rings is 4. The first kappa shape index (κ1) is 31.7. The van der Waals surface area contributed by atoms with Crippen molar-refractivity contribution in [3.63, 3.8) is 0 Å². The van der Waals surface area contributed by atoms with Gasteiger partial charge in [-0.25, -0.2) is 15.0 Å². The van der Waals surface area contributed by atoms with E-state index in [1.165, 1.54) is 27.5 Å². The van der Waals surface area contributed by atoms with Gasteiger partial charge in [-0.05, 0) is 88.2 Å². The lowest BCUT2D eigenvalue weighted by molar-refractivity contribution is 1.16. The molecule has 0 saturated carbocycles. The van der Waals surface area contributed by atoms with Gasteiger partial charge >= 0.3 is 0 Å². The van der Waals surface area contributed by atoms with Crippen molar-refractivity contribution >= 4 is 43.5 Å². The Bertz CT molecular complexity index is 3010. The molecule has 6 aromatic carbocycles. The molecule has 0 aliphatic carbocycles. The molecular formula is C50H34N4. The predicted octanol–water partition coefficient (Wildman–Crippen LogP) is 12.8. The van der Waals surface area contributed by atoms with Crippen LogP contribution in [-0.4, -0.2) is 19.9 Å². The van der Waals surface area contributed by atoms with Crippen LogP contribution >= 0.6 is 0 Å². The van der Waals surface area contributed by atoms with Crippen LogP contribution in [0.2, 0.25) is 0 Å². The highest BCUT2D eigenvalue weighted by Gasteiger charge is 2.14. The number of hydrogen-bond acceptors (Lipinski definition) is 4. The summed E-state index contributed by atoms with van der Waals surface area (Å²) in [5, 5.41) is 5.82. The molecule has 0 amide bonds. The zero-order valence-electron chi connectivity index (χ0n) is 29.7. The lowest BCUT2D eigenvalue weighted by atomic mass is 9.90. The highest BCUT2D eigenvalue weighted by Crippen LogP contribution is 2.37. The van der Waals surface area contributed by atoms with Gasteiger partial charge in [0.1, 0.15) is 0 Å². The van der Waals surface area contributed by atoms with Gasteiger partial charge in [0.05, 0.1) is 33.6 Å². The van der Waals surface area contributed by atoms with E-state index in [0.717, 1.165) is 84.0 Å².